The van der Waals surface area contributed by atoms with Gasteiger partial charge in [-0.3, -0.25) is 4.98 Å². The number of rotatable bonds is 4. The minimum atomic E-state index is 0.964. The molecule has 0 bridgehead atoms. The minimum absolute atomic E-state index is 0.964. The molecular formula is C44H28N2. The van der Waals surface area contributed by atoms with E-state index in [1.54, 1.807) is 0 Å². The Kier molecular flexibility index (Phi) is 6.17. The Morgan fingerprint density at radius 1 is 0.326 bits per heavy atom. The maximum absolute atomic E-state index is 5.26. The molecule has 2 heterocycles. The van der Waals surface area contributed by atoms with Gasteiger partial charge in [-0.15, -0.1) is 0 Å². The minimum Gasteiger partial charge on any atom is -0.265 e. The van der Waals surface area contributed by atoms with Crippen LogP contribution in [-0.2, 0) is 0 Å². The van der Waals surface area contributed by atoms with Crippen molar-refractivity contribution in [1.29, 1.82) is 0 Å². The fourth-order valence-corrected chi connectivity index (χ4v) is 6.83. The molecular weight excluding hydrogens is 556 g/mol. The quantitative estimate of drug-likeness (QED) is 0.192. The van der Waals surface area contributed by atoms with Gasteiger partial charge in [0.15, 0.2) is 0 Å². The number of aromatic nitrogens is 2. The third kappa shape index (κ3) is 4.51. The van der Waals surface area contributed by atoms with Gasteiger partial charge in [-0.25, -0.2) is 4.98 Å². The topological polar surface area (TPSA) is 25.8 Å². The van der Waals surface area contributed by atoms with Crippen LogP contribution in [0.2, 0.25) is 0 Å². The lowest BCUT2D eigenvalue weighted by atomic mass is 9.90. The first-order valence-corrected chi connectivity index (χ1v) is 15.6. The molecule has 0 saturated carbocycles. The van der Waals surface area contributed by atoms with Crippen LogP contribution < -0.4 is 0 Å². The van der Waals surface area contributed by atoms with E-state index in [2.05, 4.69) is 163 Å². The van der Waals surface area contributed by atoms with E-state index in [1.807, 2.05) is 12.4 Å². The van der Waals surface area contributed by atoms with Crippen molar-refractivity contribution in [3.05, 3.63) is 170 Å². The first-order chi connectivity index (χ1) is 22.8. The van der Waals surface area contributed by atoms with Gasteiger partial charge in [-0.05, 0) is 114 Å². The zero-order chi connectivity index (χ0) is 30.5. The Morgan fingerprint density at radius 3 is 1.87 bits per heavy atom. The molecule has 46 heavy (non-hydrogen) atoms. The number of nitrogens with zero attached hydrogens (tertiary/aromatic N) is 2. The lowest BCUT2D eigenvalue weighted by Crippen LogP contribution is -1.92. The number of fused-ring (bicyclic) bond motifs is 5. The van der Waals surface area contributed by atoms with E-state index < -0.39 is 0 Å². The van der Waals surface area contributed by atoms with Crippen LogP contribution >= 0.6 is 0 Å². The van der Waals surface area contributed by atoms with Crippen molar-refractivity contribution < 1.29 is 0 Å². The number of hydrogen-bond donors (Lipinski definition) is 0. The van der Waals surface area contributed by atoms with Crippen LogP contribution in [0.4, 0.5) is 0 Å². The van der Waals surface area contributed by atoms with E-state index in [9.17, 15) is 0 Å². The molecule has 7 aromatic carbocycles. The monoisotopic (exact) mass is 584 g/mol. The average molecular weight is 585 g/mol. The van der Waals surface area contributed by atoms with E-state index in [1.165, 1.54) is 43.4 Å². The summed E-state index contributed by atoms with van der Waals surface area (Å²) in [5.74, 6) is 0. The molecule has 0 atom stereocenters. The van der Waals surface area contributed by atoms with Crippen LogP contribution in [0.5, 0.6) is 0 Å². The van der Waals surface area contributed by atoms with Crippen molar-refractivity contribution >= 4 is 43.2 Å². The molecule has 0 fully saturated rings. The van der Waals surface area contributed by atoms with Crippen LogP contribution in [0.25, 0.3) is 87.9 Å². The van der Waals surface area contributed by atoms with Gasteiger partial charge < -0.3 is 0 Å². The summed E-state index contributed by atoms with van der Waals surface area (Å²) in [5.41, 5.74) is 10.1. The molecule has 9 rings (SSSR count). The Bertz CT molecular complexity index is 2580. The van der Waals surface area contributed by atoms with Crippen molar-refractivity contribution in [3.63, 3.8) is 0 Å². The Labute approximate surface area is 267 Å². The average Bonchev–Trinajstić information content (AvgIpc) is 3.14. The van der Waals surface area contributed by atoms with Gasteiger partial charge in [0.2, 0.25) is 0 Å². The van der Waals surface area contributed by atoms with E-state index in [-0.39, 0.29) is 0 Å². The Hall–Kier alpha value is -6.12. The van der Waals surface area contributed by atoms with Crippen LogP contribution in [0.1, 0.15) is 0 Å². The van der Waals surface area contributed by atoms with Crippen molar-refractivity contribution in [2.24, 2.45) is 0 Å². The molecule has 2 nitrogen and oxygen atoms in total. The van der Waals surface area contributed by atoms with E-state index in [0.29, 0.717) is 0 Å². The second-order valence-corrected chi connectivity index (χ2v) is 11.9. The van der Waals surface area contributed by atoms with Gasteiger partial charge in [0.25, 0.3) is 0 Å². The standard InChI is InChI=1S/C44H28N2/c1-2-9-31-25-36(17-16-29(31)8-1)44-28-41(33-12-7-11-32(24-33)30-20-22-45-23-21-30)42-27-35(18-19-43(42)46-44)40-26-34-10-3-4-13-37(34)38-14-5-6-15-39(38)40/h1-28H. The molecule has 0 aliphatic rings. The summed E-state index contributed by atoms with van der Waals surface area (Å²) in [6.07, 6.45) is 3.70. The summed E-state index contributed by atoms with van der Waals surface area (Å²) < 4.78 is 0. The Morgan fingerprint density at radius 2 is 1.00 bits per heavy atom. The van der Waals surface area contributed by atoms with Crippen molar-refractivity contribution in [2.75, 3.05) is 0 Å². The molecule has 2 heteroatoms. The zero-order valence-corrected chi connectivity index (χ0v) is 25.1. The predicted octanol–water partition coefficient (Wildman–Crippen LogP) is 11.8. The highest BCUT2D eigenvalue weighted by molar-refractivity contribution is 6.14. The summed E-state index contributed by atoms with van der Waals surface area (Å²) >= 11 is 0. The molecule has 2 aromatic heterocycles. The van der Waals surface area contributed by atoms with Gasteiger partial charge in [-0.1, -0.05) is 109 Å². The van der Waals surface area contributed by atoms with Gasteiger partial charge in [0.05, 0.1) is 11.2 Å². The SMILES string of the molecule is c1cc(-c2ccncc2)cc(-c2cc(-c3ccc4ccccc4c3)nc3ccc(-c4cc5ccccc5c5ccccc45)cc23)c1. The molecule has 0 radical (unpaired) electrons. The van der Waals surface area contributed by atoms with Gasteiger partial charge in [0.1, 0.15) is 0 Å². The summed E-state index contributed by atoms with van der Waals surface area (Å²) in [5, 5.41) is 8.61. The summed E-state index contributed by atoms with van der Waals surface area (Å²) in [6, 6.07) is 56.8. The van der Waals surface area contributed by atoms with Gasteiger partial charge in [-0.2, -0.15) is 0 Å². The van der Waals surface area contributed by atoms with E-state index >= 15 is 0 Å². The van der Waals surface area contributed by atoms with Crippen molar-refractivity contribution in [1.82, 2.24) is 9.97 Å². The van der Waals surface area contributed by atoms with Crippen molar-refractivity contribution in [2.45, 2.75) is 0 Å². The van der Waals surface area contributed by atoms with Crippen LogP contribution in [0.15, 0.2) is 170 Å². The number of pyridine rings is 2. The lowest BCUT2D eigenvalue weighted by Gasteiger charge is -2.15. The first-order valence-electron chi connectivity index (χ1n) is 15.6. The summed E-state index contributed by atoms with van der Waals surface area (Å²) in [7, 11) is 0. The number of benzene rings is 7. The molecule has 214 valence electrons. The zero-order valence-electron chi connectivity index (χ0n) is 25.1. The second kappa shape index (κ2) is 10.8. The third-order valence-corrected chi connectivity index (χ3v) is 9.12. The lowest BCUT2D eigenvalue weighted by molar-refractivity contribution is 1.33. The smallest absolute Gasteiger partial charge is 0.0716 e. The molecule has 9 aromatic rings. The number of hydrogen-bond acceptors (Lipinski definition) is 2. The van der Waals surface area contributed by atoms with Crippen molar-refractivity contribution in [3.8, 4) is 44.6 Å². The van der Waals surface area contributed by atoms with Gasteiger partial charge >= 0.3 is 0 Å². The van der Waals surface area contributed by atoms with Crippen LogP contribution in [0.3, 0.4) is 0 Å². The highest BCUT2D eigenvalue weighted by Crippen LogP contribution is 2.39. The first kappa shape index (κ1) is 26.3. The highest BCUT2D eigenvalue weighted by Gasteiger charge is 2.15. The van der Waals surface area contributed by atoms with Gasteiger partial charge in [0, 0.05) is 23.3 Å². The summed E-state index contributed by atoms with van der Waals surface area (Å²) in [4.78, 5) is 9.49. The maximum atomic E-state index is 5.26. The highest BCUT2D eigenvalue weighted by atomic mass is 14.7. The molecule has 0 aliphatic carbocycles. The van der Waals surface area contributed by atoms with Crippen LogP contribution in [0, 0.1) is 0 Å². The van der Waals surface area contributed by atoms with E-state index in [4.69, 9.17) is 4.98 Å². The fourth-order valence-electron chi connectivity index (χ4n) is 6.83. The molecule has 0 aliphatic heterocycles. The summed E-state index contributed by atoms with van der Waals surface area (Å²) in [6.45, 7) is 0. The molecule has 0 spiro atoms. The molecule has 0 N–H and O–H groups in total. The van der Waals surface area contributed by atoms with E-state index in [0.717, 1.165) is 44.4 Å². The second-order valence-electron chi connectivity index (χ2n) is 11.9. The molecule has 0 unspecified atom stereocenters. The Balaban J connectivity index is 1.30. The molecule has 0 amide bonds. The fraction of sp³-hybridized carbons (Fsp3) is 0. The van der Waals surface area contributed by atoms with Crippen LogP contribution in [-0.4, -0.2) is 9.97 Å². The molecule has 0 saturated heterocycles. The normalized spacial score (nSPS) is 11.5. The predicted molar refractivity (Wildman–Crippen MR) is 194 cm³/mol. The largest absolute Gasteiger partial charge is 0.265 e. The third-order valence-electron chi connectivity index (χ3n) is 9.12. The maximum Gasteiger partial charge on any atom is 0.0716 e.